The van der Waals surface area contributed by atoms with E-state index in [9.17, 15) is 9.18 Å². The highest BCUT2D eigenvalue weighted by Gasteiger charge is 2.34. The Labute approximate surface area is 135 Å². The van der Waals surface area contributed by atoms with Crippen molar-refractivity contribution in [3.63, 3.8) is 0 Å². The smallest absolute Gasteiger partial charge is 0.238 e. The Morgan fingerprint density at radius 2 is 1.86 bits per heavy atom. The zero-order valence-corrected chi connectivity index (χ0v) is 13.1. The lowest BCUT2D eigenvalue weighted by Crippen LogP contribution is -2.27. The van der Waals surface area contributed by atoms with Gasteiger partial charge in [-0.2, -0.15) is 0 Å². The molecule has 1 amide bonds. The van der Waals surface area contributed by atoms with Crippen LogP contribution in [0.1, 0.15) is 10.9 Å². The fourth-order valence-corrected chi connectivity index (χ4v) is 3.69. The second kappa shape index (κ2) is 5.87. The summed E-state index contributed by atoms with van der Waals surface area (Å²) in [4.78, 5) is 13.8. The Morgan fingerprint density at radius 3 is 2.52 bits per heavy atom. The molecular weight excluding hydrogens is 332 g/mol. The first-order chi connectivity index (χ1) is 10.1. The summed E-state index contributed by atoms with van der Waals surface area (Å²) in [5, 5.41) is 0.493. The van der Waals surface area contributed by atoms with Gasteiger partial charge in [0.05, 0.1) is 10.8 Å². The Kier molecular flexibility index (Phi) is 4.11. The van der Waals surface area contributed by atoms with Crippen molar-refractivity contribution in [1.82, 2.24) is 0 Å². The number of benzene rings is 2. The molecule has 1 atom stereocenters. The minimum absolute atomic E-state index is 0.00653. The van der Waals surface area contributed by atoms with Crippen LogP contribution in [0.5, 0.6) is 0 Å². The SMILES string of the molecule is O=C1CSC(c2ccc(Cl)cc2)N1c1ccc(F)c(Cl)c1. The molecule has 0 radical (unpaired) electrons. The Hall–Kier alpha value is -1.23. The third kappa shape index (κ3) is 2.89. The molecule has 1 fully saturated rings. The van der Waals surface area contributed by atoms with Gasteiger partial charge in [-0.1, -0.05) is 35.3 Å². The predicted octanol–water partition coefficient (Wildman–Crippen LogP) is 4.91. The lowest BCUT2D eigenvalue weighted by Gasteiger charge is -2.24. The molecule has 0 N–H and O–H groups in total. The maximum absolute atomic E-state index is 13.3. The number of halogens is 3. The monoisotopic (exact) mass is 341 g/mol. The molecule has 0 aliphatic carbocycles. The second-order valence-corrected chi connectivity index (χ2v) is 6.49. The summed E-state index contributed by atoms with van der Waals surface area (Å²) in [6, 6.07) is 11.7. The molecule has 0 spiro atoms. The number of thioether (sulfide) groups is 1. The molecule has 0 aromatic heterocycles. The van der Waals surface area contributed by atoms with Gasteiger partial charge in [-0.05, 0) is 35.9 Å². The second-order valence-electron chi connectivity index (χ2n) is 4.58. The first-order valence-corrected chi connectivity index (χ1v) is 8.01. The van der Waals surface area contributed by atoms with Crippen molar-refractivity contribution in [1.29, 1.82) is 0 Å². The minimum Gasteiger partial charge on any atom is -0.295 e. The summed E-state index contributed by atoms with van der Waals surface area (Å²) < 4.78 is 13.3. The first kappa shape index (κ1) is 14.7. The van der Waals surface area contributed by atoms with Gasteiger partial charge in [0.25, 0.3) is 0 Å². The summed E-state index contributed by atoms with van der Waals surface area (Å²) in [6.07, 6.45) is 0. The Bertz CT molecular complexity index is 693. The summed E-state index contributed by atoms with van der Waals surface area (Å²) in [6.45, 7) is 0. The van der Waals surface area contributed by atoms with Crippen LogP contribution >= 0.6 is 35.0 Å². The molecule has 2 aromatic carbocycles. The van der Waals surface area contributed by atoms with Gasteiger partial charge in [0, 0.05) is 10.7 Å². The summed E-state index contributed by atoms with van der Waals surface area (Å²) in [5.74, 6) is -0.146. The maximum Gasteiger partial charge on any atom is 0.238 e. The standard InChI is InChI=1S/C15H10Cl2FNOS/c16-10-3-1-9(2-4-10)15-19(14(20)8-21-15)11-5-6-13(18)12(17)7-11/h1-7,15H,8H2. The predicted molar refractivity (Wildman–Crippen MR) is 85.5 cm³/mol. The number of rotatable bonds is 2. The van der Waals surface area contributed by atoms with Crippen LogP contribution in [0.3, 0.4) is 0 Å². The lowest BCUT2D eigenvalue weighted by molar-refractivity contribution is -0.115. The third-order valence-electron chi connectivity index (χ3n) is 3.20. The molecule has 1 aliphatic heterocycles. The topological polar surface area (TPSA) is 20.3 Å². The van der Waals surface area contributed by atoms with E-state index in [2.05, 4.69) is 0 Å². The molecule has 2 nitrogen and oxygen atoms in total. The van der Waals surface area contributed by atoms with E-state index in [1.165, 1.54) is 23.9 Å². The highest BCUT2D eigenvalue weighted by molar-refractivity contribution is 8.00. The van der Waals surface area contributed by atoms with Crippen LogP contribution in [0.15, 0.2) is 42.5 Å². The van der Waals surface area contributed by atoms with Crippen molar-refractivity contribution < 1.29 is 9.18 Å². The fourth-order valence-electron chi connectivity index (χ4n) is 2.21. The van der Waals surface area contributed by atoms with Gasteiger partial charge >= 0.3 is 0 Å². The summed E-state index contributed by atoms with van der Waals surface area (Å²) in [5.41, 5.74) is 1.56. The van der Waals surface area contributed by atoms with Gasteiger partial charge in [-0.3, -0.25) is 9.69 Å². The number of hydrogen-bond donors (Lipinski definition) is 0. The van der Waals surface area contributed by atoms with Crippen LogP contribution < -0.4 is 4.90 Å². The molecule has 1 aliphatic rings. The van der Waals surface area contributed by atoms with Crippen molar-refractivity contribution >= 4 is 46.6 Å². The molecule has 1 saturated heterocycles. The van der Waals surface area contributed by atoms with Crippen LogP contribution in [0.4, 0.5) is 10.1 Å². The van der Waals surface area contributed by atoms with E-state index < -0.39 is 5.82 Å². The molecule has 6 heteroatoms. The van der Waals surface area contributed by atoms with Crippen LogP contribution in [0, 0.1) is 5.82 Å². The normalized spacial score (nSPS) is 18.3. The van der Waals surface area contributed by atoms with E-state index in [-0.39, 0.29) is 16.3 Å². The van der Waals surface area contributed by atoms with Crippen LogP contribution in [0.2, 0.25) is 10.0 Å². The van der Waals surface area contributed by atoms with E-state index >= 15 is 0 Å². The molecule has 1 heterocycles. The van der Waals surface area contributed by atoms with Gasteiger partial charge < -0.3 is 0 Å². The number of hydrogen-bond acceptors (Lipinski definition) is 2. The van der Waals surface area contributed by atoms with E-state index in [0.29, 0.717) is 16.5 Å². The molecule has 1 unspecified atom stereocenters. The average Bonchev–Trinajstić information content (AvgIpc) is 2.85. The van der Waals surface area contributed by atoms with Crippen molar-refractivity contribution in [3.8, 4) is 0 Å². The molecule has 108 valence electrons. The van der Waals surface area contributed by atoms with E-state index in [4.69, 9.17) is 23.2 Å². The lowest BCUT2D eigenvalue weighted by atomic mass is 10.2. The Morgan fingerprint density at radius 1 is 1.14 bits per heavy atom. The number of carbonyl (C=O) groups excluding carboxylic acids is 1. The number of anilines is 1. The largest absolute Gasteiger partial charge is 0.295 e. The summed E-state index contributed by atoms with van der Waals surface area (Å²) in [7, 11) is 0. The zero-order valence-electron chi connectivity index (χ0n) is 10.7. The molecule has 3 rings (SSSR count). The van der Waals surface area contributed by atoms with Crippen molar-refractivity contribution in [2.45, 2.75) is 5.37 Å². The molecular formula is C15H10Cl2FNOS. The summed E-state index contributed by atoms with van der Waals surface area (Å²) >= 11 is 13.2. The van der Waals surface area contributed by atoms with Gasteiger partial charge in [0.15, 0.2) is 0 Å². The van der Waals surface area contributed by atoms with Crippen LogP contribution in [-0.4, -0.2) is 11.7 Å². The Balaban J connectivity index is 1.99. The van der Waals surface area contributed by atoms with Crippen molar-refractivity contribution in [3.05, 3.63) is 63.9 Å². The third-order valence-corrected chi connectivity index (χ3v) is 4.96. The first-order valence-electron chi connectivity index (χ1n) is 6.20. The highest BCUT2D eigenvalue weighted by Crippen LogP contribution is 2.42. The van der Waals surface area contributed by atoms with Gasteiger partial charge in [-0.25, -0.2) is 4.39 Å². The van der Waals surface area contributed by atoms with E-state index in [1.807, 2.05) is 12.1 Å². The number of amides is 1. The van der Waals surface area contributed by atoms with E-state index in [0.717, 1.165) is 5.56 Å². The number of nitrogens with zero attached hydrogens (tertiary/aromatic N) is 1. The number of carbonyl (C=O) groups is 1. The minimum atomic E-state index is -0.497. The quantitative estimate of drug-likeness (QED) is 0.773. The fraction of sp³-hybridized carbons (Fsp3) is 0.133. The molecule has 0 saturated carbocycles. The van der Waals surface area contributed by atoms with Crippen LogP contribution in [-0.2, 0) is 4.79 Å². The maximum atomic E-state index is 13.3. The average molecular weight is 342 g/mol. The van der Waals surface area contributed by atoms with Crippen molar-refractivity contribution in [2.24, 2.45) is 0 Å². The van der Waals surface area contributed by atoms with Gasteiger partial charge in [0.1, 0.15) is 11.2 Å². The molecule has 2 aromatic rings. The van der Waals surface area contributed by atoms with Crippen molar-refractivity contribution in [2.75, 3.05) is 10.7 Å². The highest BCUT2D eigenvalue weighted by atomic mass is 35.5. The zero-order chi connectivity index (χ0) is 15.0. The van der Waals surface area contributed by atoms with Gasteiger partial charge in [-0.15, -0.1) is 11.8 Å². The molecule has 0 bridgehead atoms. The van der Waals surface area contributed by atoms with Gasteiger partial charge in [0.2, 0.25) is 5.91 Å². The molecule has 21 heavy (non-hydrogen) atoms. The van der Waals surface area contributed by atoms with Crippen LogP contribution in [0.25, 0.3) is 0 Å². The van der Waals surface area contributed by atoms with E-state index in [1.54, 1.807) is 23.1 Å².